The maximum Gasteiger partial charge on any atom is 0.263 e. The highest BCUT2D eigenvalue weighted by Crippen LogP contribution is 2.24. The molecule has 1 aliphatic heterocycles. The zero-order valence-electron chi connectivity index (χ0n) is 9.59. The summed E-state index contributed by atoms with van der Waals surface area (Å²) in [6.45, 7) is 2.86. The van der Waals surface area contributed by atoms with Crippen molar-refractivity contribution in [2.45, 2.75) is 18.4 Å². The topological polar surface area (TPSA) is 68.1 Å². The van der Waals surface area contributed by atoms with Crippen molar-refractivity contribution >= 4 is 26.0 Å². The minimum Gasteiger partial charge on any atom is -0.235 e. The van der Waals surface area contributed by atoms with Crippen LogP contribution < -0.4 is 0 Å². The van der Waals surface area contributed by atoms with Gasteiger partial charge in [-0.25, -0.2) is 13.1 Å². The highest BCUT2D eigenvalue weighted by molar-refractivity contribution is 9.10. The van der Waals surface area contributed by atoms with E-state index in [1.807, 2.05) is 6.92 Å². The summed E-state index contributed by atoms with van der Waals surface area (Å²) in [6, 6.07) is 0. The summed E-state index contributed by atoms with van der Waals surface area (Å²) < 4.78 is 27.8. The molecule has 2 heterocycles. The molecule has 0 aliphatic carbocycles. The Labute approximate surface area is 108 Å². The molecule has 0 aromatic carbocycles. The van der Waals surface area contributed by atoms with Crippen molar-refractivity contribution in [2.75, 3.05) is 13.1 Å². The molecule has 94 valence electrons. The van der Waals surface area contributed by atoms with E-state index in [2.05, 4.69) is 32.3 Å². The largest absolute Gasteiger partial charge is 0.263 e. The Morgan fingerprint density at radius 3 is 2.71 bits per heavy atom. The normalized spacial score (nSPS) is 18.2. The standard InChI is InChI=1S/C9H13BrN4O2S/c1-7-4-3-5-14(6-7)17(15,16)9-8(10)11-12-13(9)2/h4H,3,5-6H2,1-2H3. The van der Waals surface area contributed by atoms with Gasteiger partial charge in [0.15, 0.2) is 4.60 Å². The van der Waals surface area contributed by atoms with Crippen molar-refractivity contribution in [3.63, 3.8) is 0 Å². The van der Waals surface area contributed by atoms with Crippen LogP contribution in [0.3, 0.4) is 0 Å². The Kier molecular flexibility index (Phi) is 3.37. The summed E-state index contributed by atoms with van der Waals surface area (Å²) in [5.41, 5.74) is 1.06. The quantitative estimate of drug-likeness (QED) is 0.760. The molecule has 0 amide bonds. The Balaban J connectivity index is 2.41. The van der Waals surface area contributed by atoms with E-state index in [0.29, 0.717) is 13.1 Å². The second-order valence-corrected chi connectivity index (χ2v) is 6.59. The van der Waals surface area contributed by atoms with Crippen LogP contribution in [-0.4, -0.2) is 40.8 Å². The van der Waals surface area contributed by atoms with Crippen molar-refractivity contribution in [1.29, 1.82) is 0 Å². The van der Waals surface area contributed by atoms with Gasteiger partial charge in [-0.2, -0.15) is 4.31 Å². The Morgan fingerprint density at radius 2 is 2.18 bits per heavy atom. The molecular weight excluding hydrogens is 308 g/mol. The van der Waals surface area contributed by atoms with Gasteiger partial charge in [0, 0.05) is 20.1 Å². The third kappa shape index (κ3) is 2.29. The molecule has 17 heavy (non-hydrogen) atoms. The van der Waals surface area contributed by atoms with Crippen molar-refractivity contribution in [2.24, 2.45) is 7.05 Å². The van der Waals surface area contributed by atoms with E-state index in [1.165, 1.54) is 8.99 Å². The SMILES string of the molecule is CC1=CCCN(S(=O)(=O)c2c(Br)nnn2C)C1. The van der Waals surface area contributed by atoms with Gasteiger partial charge in [0.05, 0.1) is 0 Å². The molecule has 0 radical (unpaired) electrons. The third-order valence-electron chi connectivity index (χ3n) is 2.62. The monoisotopic (exact) mass is 320 g/mol. The summed E-state index contributed by atoms with van der Waals surface area (Å²) in [5.74, 6) is 0. The molecule has 1 aromatic heterocycles. The fraction of sp³-hybridized carbons (Fsp3) is 0.556. The molecule has 0 saturated heterocycles. The first-order chi connectivity index (χ1) is 7.93. The number of hydrogen-bond donors (Lipinski definition) is 0. The summed E-state index contributed by atoms with van der Waals surface area (Å²) in [6.07, 6.45) is 2.80. The van der Waals surface area contributed by atoms with Gasteiger partial charge in [0.1, 0.15) is 0 Å². The molecule has 0 atom stereocenters. The predicted octanol–water partition coefficient (Wildman–Crippen LogP) is 0.918. The minimum atomic E-state index is -3.53. The van der Waals surface area contributed by atoms with Crippen molar-refractivity contribution in [3.05, 3.63) is 16.3 Å². The van der Waals surface area contributed by atoms with Gasteiger partial charge < -0.3 is 0 Å². The second-order valence-electron chi connectivity index (χ2n) is 3.99. The fourth-order valence-electron chi connectivity index (χ4n) is 1.80. The first-order valence-corrected chi connectivity index (χ1v) is 7.37. The van der Waals surface area contributed by atoms with Crippen LogP contribution in [0.25, 0.3) is 0 Å². The van der Waals surface area contributed by atoms with E-state index in [4.69, 9.17) is 0 Å². The molecule has 2 rings (SSSR count). The Hall–Kier alpha value is -0.730. The van der Waals surface area contributed by atoms with Crippen LogP contribution in [0.15, 0.2) is 21.3 Å². The van der Waals surface area contributed by atoms with Crippen molar-refractivity contribution in [1.82, 2.24) is 19.3 Å². The predicted molar refractivity (Wildman–Crippen MR) is 65.8 cm³/mol. The lowest BCUT2D eigenvalue weighted by atomic mass is 10.2. The number of aryl methyl sites for hydroxylation is 1. The highest BCUT2D eigenvalue weighted by Gasteiger charge is 2.31. The molecule has 1 aromatic rings. The van der Waals surface area contributed by atoms with Gasteiger partial charge in [-0.15, -0.1) is 5.10 Å². The molecule has 0 fully saturated rings. The van der Waals surface area contributed by atoms with E-state index >= 15 is 0 Å². The number of sulfonamides is 1. The van der Waals surface area contributed by atoms with E-state index < -0.39 is 10.0 Å². The fourth-order valence-corrected chi connectivity index (χ4v) is 4.33. The highest BCUT2D eigenvalue weighted by atomic mass is 79.9. The van der Waals surface area contributed by atoms with Crippen LogP contribution in [0.4, 0.5) is 0 Å². The third-order valence-corrected chi connectivity index (χ3v) is 5.35. The molecule has 0 N–H and O–H groups in total. The van der Waals surface area contributed by atoms with Crippen LogP contribution >= 0.6 is 15.9 Å². The smallest absolute Gasteiger partial charge is 0.235 e. The van der Waals surface area contributed by atoms with Gasteiger partial charge in [0.25, 0.3) is 10.0 Å². The molecule has 0 spiro atoms. The first-order valence-electron chi connectivity index (χ1n) is 5.14. The lowest BCUT2D eigenvalue weighted by molar-refractivity contribution is 0.421. The summed E-state index contributed by atoms with van der Waals surface area (Å²) in [5, 5.41) is 7.51. The zero-order chi connectivity index (χ0) is 12.6. The molecule has 8 heteroatoms. The maximum absolute atomic E-state index is 12.4. The number of hydrogen-bond acceptors (Lipinski definition) is 4. The zero-order valence-corrected chi connectivity index (χ0v) is 12.0. The van der Waals surface area contributed by atoms with Gasteiger partial charge in [0.2, 0.25) is 5.03 Å². The lowest BCUT2D eigenvalue weighted by Crippen LogP contribution is -2.36. The van der Waals surface area contributed by atoms with Crippen molar-refractivity contribution < 1.29 is 8.42 Å². The number of nitrogens with zero attached hydrogens (tertiary/aromatic N) is 4. The van der Waals surface area contributed by atoms with Crippen LogP contribution in [0.2, 0.25) is 0 Å². The van der Waals surface area contributed by atoms with Crippen LogP contribution in [0, 0.1) is 0 Å². The van der Waals surface area contributed by atoms with Gasteiger partial charge in [-0.3, -0.25) is 0 Å². The van der Waals surface area contributed by atoms with Gasteiger partial charge in [-0.1, -0.05) is 16.9 Å². The number of aromatic nitrogens is 3. The molecule has 1 aliphatic rings. The van der Waals surface area contributed by atoms with Crippen molar-refractivity contribution in [3.8, 4) is 0 Å². The average molecular weight is 321 g/mol. The van der Waals surface area contributed by atoms with Gasteiger partial charge in [-0.05, 0) is 29.3 Å². The first kappa shape index (κ1) is 12.7. The van der Waals surface area contributed by atoms with E-state index in [1.54, 1.807) is 7.05 Å². The van der Waals surface area contributed by atoms with Gasteiger partial charge >= 0.3 is 0 Å². The van der Waals surface area contributed by atoms with E-state index in [-0.39, 0.29) is 9.63 Å². The maximum atomic E-state index is 12.4. The molecule has 0 bridgehead atoms. The summed E-state index contributed by atoms with van der Waals surface area (Å²) >= 11 is 3.12. The Morgan fingerprint density at radius 1 is 1.47 bits per heavy atom. The summed E-state index contributed by atoms with van der Waals surface area (Å²) in [7, 11) is -1.96. The van der Waals surface area contributed by atoms with Crippen LogP contribution in [0.1, 0.15) is 13.3 Å². The molecular formula is C9H13BrN4O2S. The average Bonchev–Trinajstić information content (AvgIpc) is 2.59. The molecule has 0 unspecified atom stereocenters. The Bertz CT molecular complexity index is 544. The van der Waals surface area contributed by atoms with E-state index in [0.717, 1.165) is 12.0 Å². The molecule has 6 nitrogen and oxygen atoms in total. The van der Waals surface area contributed by atoms with E-state index in [9.17, 15) is 8.42 Å². The number of halogens is 1. The molecule has 0 saturated carbocycles. The minimum absolute atomic E-state index is 0.104. The van der Waals surface area contributed by atoms with Crippen LogP contribution in [0.5, 0.6) is 0 Å². The number of rotatable bonds is 2. The second kappa shape index (κ2) is 4.51. The van der Waals surface area contributed by atoms with Crippen LogP contribution in [-0.2, 0) is 17.1 Å². The summed E-state index contributed by atoms with van der Waals surface area (Å²) in [4.78, 5) is 0. The lowest BCUT2D eigenvalue weighted by Gasteiger charge is -2.25.